The maximum atomic E-state index is 10.2. The van der Waals surface area contributed by atoms with Crippen molar-refractivity contribution in [1.29, 1.82) is 0 Å². The van der Waals surface area contributed by atoms with Gasteiger partial charge < -0.3 is 5.11 Å². The van der Waals surface area contributed by atoms with E-state index in [9.17, 15) is 5.11 Å². The summed E-state index contributed by atoms with van der Waals surface area (Å²) in [5.74, 6) is 1.28. The second kappa shape index (κ2) is 5.59. The van der Waals surface area contributed by atoms with Crippen molar-refractivity contribution in [1.82, 2.24) is 0 Å². The summed E-state index contributed by atoms with van der Waals surface area (Å²) in [4.78, 5) is 0. The fraction of sp³-hybridized carbons (Fsp3) is 0.111. The average molecular weight is 280 g/mol. The highest BCUT2D eigenvalue weighted by Crippen LogP contribution is 2.38. The molecule has 0 radical (unpaired) electrons. The third kappa shape index (κ3) is 2.27. The Kier molecular flexibility index (Phi) is 3.66. The molecule has 0 amide bonds. The normalized spacial score (nSPS) is 10.8. The molecule has 3 aromatic carbocycles. The summed E-state index contributed by atoms with van der Waals surface area (Å²) >= 11 is 1.80. The Bertz CT molecular complexity index is 749. The number of hydrogen-bond donors (Lipinski definition) is 1. The van der Waals surface area contributed by atoms with Crippen LogP contribution >= 0.6 is 11.8 Å². The van der Waals surface area contributed by atoms with E-state index in [0.717, 1.165) is 16.9 Å². The summed E-state index contributed by atoms with van der Waals surface area (Å²) in [5.41, 5.74) is 3.32. The van der Waals surface area contributed by atoms with Crippen molar-refractivity contribution in [2.45, 2.75) is 5.75 Å². The first-order valence-electron chi connectivity index (χ1n) is 6.59. The van der Waals surface area contributed by atoms with Crippen LogP contribution in [0.5, 0.6) is 5.75 Å². The molecule has 0 bridgehead atoms. The van der Waals surface area contributed by atoms with Crippen LogP contribution in [0.2, 0.25) is 0 Å². The molecule has 0 aliphatic carbocycles. The van der Waals surface area contributed by atoms with Gasteiger partial charge in [0.25, 0.3) is 0 Å². The van der Waals surface area contributed by atoms with E-state index in [1.165, 1.54) is 16.3 Å². The quantitative estimate of drug-likeness (QED) is 0.722. The monoisotopic (exact) mass is 280 g/mol. The van der Waals surface area contributed by atoms with Gasteiger partial charge in [0.1, 0.15) is 5.75 Å². The largest absolute Gasteiger partial charge is 0.507 e. The van der Waals surface area contributed by atoms with Crippen molar-refractivity contribution in [3.8, 4) is 16.9 Å². The van der Waals surface area contributed by atoms with Gasteiger partial charge in [0.05, 0.1) is 0 Å². The molecule has 1 N–H and O–H groups in total. The van der Waals surface area contributed by atoms with E-state index in [1.807, 2.05) is 24.3 Å². The van der Waals surface area contributed by atoms with Crippen LogP contribution in [-0.2, 0) is 5.75 Å². The highest BCUT2D eigenvalue weighted by atomic mass is 32.2. The van der Waals surface area contributed by atoms with E-state index >= 15 is 0 Å². The van der Waals surface area contributed by atoms with Crippen molar-refractivity contribution < 1.29 is 5.11 Å². The molecule has 2 heteroatoms. The highest BCUT2D eigenvalue weighted by Gasteiger charge is 2.12. The number of rotatable bonds is 3. The van der Waals surface area contributed by atoms with Crippen molar-refractivity contribution in [3.05, 3.63) is 66.2 Å². The number of phenols is 1. The van der Waals surface area contributed by atoms with Crippen LogP contribution in [0.25, 0.3) is 21.9 Å². The van der Waals surface area contributed by atoms with E-state index in [1.54, 1.807) is 17.8 Å². The zero-order valence-corrected chi connectivity index (χ0v) is 12.2. The number of aromatic hydroxyl groups is 1. The Balaban J connectivity index is 2.36. The van der Waals surface area contributed by atoms with E-state index < -0.39 is 0 Å². The molecule has 0 aliphatic rings. The van der Waals surface area contributed by atoms with E-state index in [0.29, 0.717) is 5.75 Å². The van der Waals surface area contributed by atoms with Gasteiger partial charge in [0, 0.05) is 11.3 Å². The van der Waals surface area contributed by atoms with Crippen LogP contribution < -0.4 is 0 Å². The van der Waals surface area contributed by atoms with Crippen LogP contribution in [0.15, 0.2) is 60.7 Å². The molecule has 100 valence electrons. The third-order valence-electron chi connectivity index (χ3n) is 3.49. The Morgan fingerprint density at radius 1 is 0.900 bits per heavy atom. The summed E-state index contributed by atoms with van der Waals surface area (Å²) in [6, 6.07) is 20.2. The lowest BCUT2D eigenvalue weighted by molar-refractivity contribution is 0.477. The summed E-state index contributed by atoms with van der Waals surface area (Å²) in [6.45, 7) is 0. The van der Waals surface area contributed by atoms with Gasteiger partial charge in [-0.15, -0.1) is 0 Å². The minimum absolute atomic E-state index is 0.339. The van der Waals surface area contributed by atoms with E-state index in [-0.39, 0.29) is 0 Å². The standard InChI is InChI=1S/C18H16OS/c1-20-12-14-11-10-13-6-2-3-7-15(13)18(14)16-8-4-5-9-17(16)19/h2-11,19H,12H2,1H3. The zero-order valence-electron chi connectivity index (χ0n) is 11.3. The first kappa shape index (κ1) is 13.1. The maximum Gasteiger partial charge on any atom is 0.123 e. The van der Waals surface area contributed by atoms with Gasteiger partial charge >= 0.3 is 0 Å². The molecule has 0 spiro atoms. The van der Waals surface area contributed by atoms with Crippen molar-refractivity contribution in [2.75, 3.05) is 6.26 Å². The molecule has 1 nitrogen and oxygen atoms in total. The molecule has 0 saturated carbocycles. The van der Waals surface area contributed by atoms with Crippen LogP contribution in [0.1, 0.15) is 5.56 Å². The molecular formula is C18H16OS. The van der Waals surface area contributed by atoms with Crippen LogP contribution in [-0.4, -0.2) is 11.4 Å². The van der Waals surface area contributed by atoms with Gasteiger partial charge in [0.2, 0.25) is 0 Å². The lowest BCUT2D eigenvalue weighted by Crippen LogP contribution is -1.90. The second-order valence-corrected chi connectivity index (χ2v) is 5.64. The maximum absolute atomic E-state index is 10.2. The first-order valence-corrected chi connectivity index (χ1v) is 7.98. The molecule has 0 fully saturated rings. The molecule has 0 atom stereocenters. The van der Waals surface area contributed by atoms with Gasteiger partial charge in [-0.3, -0.25) is 0 Å². The van der Waals surface area contributed by atoms with E-state index in [4.69, 9.17) is 0 Å². The molecule has 0 heterocycles. The Labute approximate surface area is 123 Å². The van der Waals surface area contributed by atoms with Crippen LogP contribution in [0, 0.1) is 0 Å². The Morgan fingerprint density at radius 2 is 1.65 bits per heavy atom. The Hall–Kier alpha value is -1.93. The van der Waals surface area contributed by atoms with Gasteiger partial charge in [-0.2, -0.15) is 11.8 Å². The predicted octanol–water partition coefficient (Wildman–Crippen LogP) is 5.08. The minimum Gasteiger partial charge on any atom is -0.507 e. The van der Waals surface area contributed by atoms with Gasteiger partial charge in [-0.25, -0.2) is 0 Å². The third-order valence-corrected chi connectivity index (χ3v) is 4.09. The lowest BCUT2D eigenvalue weighted by Gasteiger charge is -2.14. The van der Waals surface area contributed by atoms with Crippen molar-refractivity contribution in [3.63, 3.8) is 0 Å². The van der Waals surface area contributed by atoms with Crippen molar-refractivity contribution >= 4 is 22.5 Å². The summed E-state index contributed by atoms with van der Waals surface area (Å²) < 4.78 is 0. The smallest absolute Gasteiger partial charge is 0.123 e. The highest BCUT2D eigenvalue weighted by molar-refractivity contribution is 7.97. The van der Waals surface area contributed by atoms with E-state index in [2.05, 4.69) is 36.6 Å². The number of para-hydroxylation sites is 1. The average Bonchev–Trinajstić information content (AvgIpc) is 2.48. The van der Waals surface area contributed by atoms with Gasteiger partial charge in [-0.05, 0) is 34.2 Å². The van der Waals surface area contributed by atoms with Crippen LogP contribution in [0.3, 0.4) is 0 Å². The molecule has 0 aromatic heterocycles. The molecule has 0 aliphatic heterocycles. The zero-order chi connectivity index (χ0) is 13.9. The molecule has 3 aromatic rings. The minimum atomic E-state index is 0.339. The number of fused-ring (bicyclic) bond motifs is 1. The molecular weight excluding hydrogens is 264 g/mol. The molecule has 0 saturated heterocycles. The molecule has 3 rings (SSSR count). The number of thioether (sulfide) groups is 1. The number of benzene rings is 3. The van der Waals surface area contributed by atoms with Crippen LogP contribution in [0.4, 0.5) is 0 Å². The van der Waals surface area contributed by atoms with Crippen molar-refractivity contribution in [2.24, 2.45) is 0 Å². The lowest BCUT2D eigenvalue weighted by atomic mass is 9.93. The second-order valence-electron chi connectivity index (χ2n) is 4.77. The summed E-state index contributed by atoms with van der Waals surface area (Å²) in [7, 11) is 0. The summed E-state index contributed by atoms with van der Waals surface area (Å²) in [6.07, 6.45) is 2.10. The number of phenolic OH excluding ortho intramolecular Hbond substituents is 1. The predicted molar refractivity (Wildman–Crippen MR) is 88.3 cm³/mol. The fourth-order valence-corrected chi connectivity index (χ4v) is 3.15. The number of hydrogen-bond acceptors (Lipinski definition) is 2. The topological polar surface area (TPSA) is 20.2 Å². The fourth-order valence-electron chi connectivity index (χ4n) is 2.60. The Morgan fingerprint density at radius 3 is 2.45 bits per heavy atom. The summed E-state index contributed by atoms with van der Waals surface area (Å²) in [5, 5.41) is 12.6. The SMILES string of the molecule is CSCc1ccc2ccccc2c1-c1ccccc1O. The molecule has 20 heavy (non-hydrogen) atoms. The van der Waals surface area contributed by atoms with Gasteiger partial charge in [0.15, 0.2) is 0 Å². The first-order chi connectivity index (χ1) is 9.81. The molecule has 0 unspecified atom stereocenters. The van der Waals surface area contributed by atoms with Gasteiger partial charge in [-0.1, -0.05) is 54.6 Å².